The molecule has 124 valence electrons. The Morgan fingerprint density at radius 3 is 2.65 bits per heavy atom. The van der Waals surface area contributed by atoms with Gasteiger partial charge in [0.1, 0.15) is 11.4 Å². The summed E-state index contributed by atoms with van der Waals surface area (Å²) in [7, 11) is 0. The molecule has 0 saturated carbocycles. The molecule has 0 atom stereocenters. The highest BCUT2D eigenvalue weighted by Crippen LogP contribution is 2.26. The molecule has 0 aliphatic carbocycles. The number of carbonyl (C=O) groups excluding carboxylic acids is 1. The minimum absolute atomic E-state index is 0.397. The van der Waals surface area contributed by atoms with Crippen molar-refractivity contribution in [3.8, 4) is 0 Å². The van der Waals surface area contributed by atoms with Crippen LogP contribution in [0.15, 0.2) is 29.6 Å². The van der Waals surface area contributed by atoms with E-state index in [1.807, 2.05) is 11.4 Å². The number of carbonyl (C=O) groups is 1. The molecule has 1 amide bonds. The van der Waals surface area contributed by atoms with E-state index in [-0.39, 0.29) is 0 Å². The van der Waals surface area contributed by atoms with E-state index in [0.29, 0.717) is 22.9 Å². The number of hydrogen-bond donors (Lipinski definition) is 2. The number of thiophene rings is 1. The van der Waals surface area contributed by atoms with Gasteiger partial charge in [0.15, 0.2) is 0 Å². The number of halogens is 2. The van der Waals surface area contributed by atoms with Gasteiger partial charge in [-0.3, -0.25) is 5.32 Å². The monoisotopic (exact) mass is 356 g/mol. The molecule has 1 heterocycles. The van der Waals surface area contributed by atoms with E-state index in [2.05, 4.69) is 10.6 Å². The first-order valence-corrected chi connectivity index (χ1v) is 8.25. The zero-order chi connectivity index (χ0) is 17.0. The number of ether oxygens (including phenoxy) is 1. The van der Waals surface area contributed by atoms with Crippen LogP contribution in [-0.4, -0.2) is 11.7 Å². The number of rotatable bonds is 4. The summed E-state index contributed by atoms with van der Waals surface area (Å²) in [6.45, 7) is 5.80. The van der Waals surface area contributed by atoms with E-state index >= 15 is 0 Å². The van der Waals surface area contributed by atoms with Gasteiger partial charge in [0, 0.05) is 16.8 Å². The Kier molecular flexibility index (Phi) is 5.49. The maximum atomic E-state index is 13.5. The van der Waals surface area contributed by atoms with Gasteiger partial charge in [-0.1, -0.05) is 11.6 Å². The Bertz CT molecular complexity index is 698. The Balaban J connectivity index is 2.09. The second kappa shape index (κ2) is 7.19. The molecule has 7 heteroatoms. The fourth-order valence-corrected chi connectivity index (χ4v) is 2.83. The highest BCUT2D eigenvalue weighted by Gasteiger charge is 2.17. The topological polar surface area (TPSA) is 50.4 Å². The Hall–Kier alpha value is -1.79. The number of benzene rings is 1. The van der Waals surface area contributed by atoms with Crippen LogP contribution < -0.4 is 10.6 Å². The van der Waals surface area contributed by atoms with E-state index in [0.717, 1.165) is 4.88 Å². The highest BCUT2D eigenvalue weighted by molar-refractivity contribution is 7.10. The molecule has 0 spiro atoms. The van der Waals surface area contributed by atoms with Crippen LogP contribution >= 0.6 is 22.9 Å². The van der Waals surface area contributed by atoms with Crippen LogP contribution in [0.4, 0.5) is 20.6 Å². The normalized spacial score (nSPS) is 11.2. The minimum Gasteiger partial charge on any atom is -0.444 e. The van der Waals surface area contributed by atoms with E-state index in [1.165, 1.54) is 29.5 Å². The third-order valence-electron chi connectivity index (χ3n) is 2.69. The molecule has 0 saturated heterocycles. The Morgan fingerprint density at radius 2 is 2.04 bits per heavy atom. The number of nitrogens with one attached hydrogen (secondary N) is 2. The Labute approximate surface area is 143 Å². The molecule has 23 heavy (non-hydrogen) atoms. The van der Waals surface area contributed by atoms with E-state index in [4.69, 9.17) is 16.3 Å². The van der Waals surface area contributed by atoms with Crippen LogP contribution in [0.25, 0.3) is 0 Å². The molecule has 0 radical (unpaired) electrons. The van der Waals surface area contributed by atoms with Crippen molar-refractivity contribution in [1.29, 1.82) is 0 Å². The second-order valence-corrected chi connectivity index (χ2v) is 7.33. The van der Waals surface area contributed by atoms with Crippen molar-refractivity contribution in [2.75, 3.05) is 10.6 Å². The van der Waals surface area contributed by atoms with Crippen molar-refractivity contribution in [2.45, 2.75) is 32.9 Å². The lowest BCUT2D eigenvalue weighted by Crippen LogP contribution is -2.27. The zero-order valence-electron chi connectivity index (χ0n) is 13.1. The summed E-state index contributed by atoms with van der Waals surface area (Å²) in [5.41, 5.74) is 0.314. The average molecular weight is 357 g/mol. The van der Waals surface area contributed by atoms with Gasteiger partial charge >= 0.3 is 6.09 Å². The van der Waals surface area contributed by atoms with Gasteiger partial charge in [0.25, 0.3) is 0 Å². The fraction of sp³-hybridized carbons (Fsp3) is 0.312. The summed E-state index contributed by atoms with van der Waals surface area (Å²) < 4.78 is 18.7. The summed E-state index contributed by atoms with van der Waals surface area (Å²) in [6, 6.07) is 5.92. The molecule has 0 aliphatic rings. The van der Waals surface area contributed by atoms with Gasteiger partial charge in [0.2, 0.25) is 0 Å². The third-order valence-corrected chi connectivity index (χ3v) is 3.98. The van der Waals surface area contributed by atoms with Crippen molar-refractivity contribution in [3.63, 3.8) is 0 Å². The number of hydrogen-bond acceptors (Lipinski definition) is 4. The van der Waals surface area contributed by atoms with Crippen LogP contribution in [-0.2, 0) is 11.3 Å². The number of amides is 1. The first-order valence-electron chi connectivity index (χ1n) is 6.99. The quantitative estimate of drug-likeness (QED) is 0.760. The summed E-state index contributed by atoms with van der Waals surface area (Å²) in [5, 5.41) is 8.20. The first-order chi connectivity index (χ1) is 10.7. The van der Waals surface area contributed by atoms with Crippen LogP contribution in [0.3, 0.4) is 0 Å². The van der Waals surface area contributed by atoms with E-state index in [9.17, 15) is 9.18 Å². The van der Waals surface area contributed by atoms with Crippen molar-refractivity contribution < 1.29 is 13.9 Å². The summed E-state index contributed by atoms with van der Waals surface area (Å²) >= 11 is 7.38. The lowest BCUT2D eigenvalue weighted by Gasteiger charge is -2.20. The molecular formula is C16H18ClFN2O2S. The van der Waals surface area contributed by atoms with E-state index < -0.39 is 17.5 Å². The van der Waals surface area contributed by atoms with E-state index in [1.54, 1.807) is 20.8 Å². The summed E-state index contributed by atoms with van der Waals surface area (Å²) in [6.07, 6.45) is -0.591. The standard InChI is InChI=1S/C16H18ClFN2O2S/c1-16(2,3)22-15(21)20-13-5-4-11(18)7-14(13)19-8-12-6-10(17)9-23-12/h4-7,9,19H,8H2,1-3H3,(H,20,21). The zero-order valence-corrected chi connectivity index (χ0v) is 14.6. The lowest BCUT2D eigenvalue weighted by molar-refractivity contribution is 0.0636. The molecule has 4 nitrogen and oxygen atoms in total. The second-order valence-electron chi connectivity index (χ2n) is 5.90. The molecule has 1 aromatic carbocycles. The van der Waals surface area contributed by atoms with Crippen LogP contribution in [0.1, 0.15) is 25.6 Å². The van der Waals surface area contributed by atoms with Crippen molar-refractivity contribution in [1.82, 2.24) is 0 Å². The van der Waals surface area contributed by atoms with Crippen molar-refractivity contribution in [2.24, 2.45) is 0 Å². The third kappa shape index (κ3) is 5.73. The predicted octanol–water partition coefficient (Wildman–Crippen LogP) is 5.50. The molecule has 0 aliphatic heterocycles. The minimum atomic E-state index is -0.606. The molecule has 0 unspecified atom stereocenters. The SMILES string of the molecule is CC(C)(C)OC(=O)Nc1ccc(F)cc1NCc1cc(Cl)cs1. The average Bonchev–Trinajstić information content (AvgIpc) is 2.82. The largest absolute Gasteiger partial charge is 0.444 e. The van der Waals surface area contributed by atoms with Gasteiger partial charge in [-0.15, -0.1) is 11.3 Å². The number of anilines is 2. The molecule has 2 aromatic rings. The van der Waals surface area contributed by atoms with Gasteiger partial charge < -0.3 is 10.1 Å². The predicted molar refractivity (Wildman–Crippen MR) is 92.9 cm³/mol. The fourth-order valence-electron chi connectivity index (χ4n) is 1.81. The molecule has 1 aromatic heterocycles. The van der Waals surface area contributed by atoms with Gasteiger partial charge in [-0.05, 0) is 45.0 Å². The summed E-state index contributed by atoms with van der Waals surface area (Å²) in [5.74, 6) is -0.397. The maximum Gasteiger partial charge on any atom is 0.412 e. The van der Waals surface area contributed by atoms with Crippen molar-refractivity contribution in [3.05, 3.63) is 45.4 Å². The molecule has 2 rings (SSSR count). The van der Waals surface area contributed by atoms with Gasteiger partial charge in [-0.2, -0.15) is 0 Å². The molecule has 0 fully saturated rings. The smallest absolute Gasteiger partial charge is 0.412 e. The first kappa shape index (κ1) is 17.6. The molecule has 2 N–H and O–H groups in total. The summed E-state index contributed by atoms with van der Waals surface area (Å²) in [4.78, 5) is 12.9. The van der Waals surface area contributed by atoms with Gasteiger partial charge in [-0.25, -0.2) is 9.18 Å². The maximum absolute atomic E-state index is 13.5. The lowest BCUT2D eigenvalue weighted by atomic mass is 10.2. The van der Waals surface area contributed by atoms with Crippen LogP contribution in [0.2, 0.25) is 5.02 Å². The van der Waals surface area contributed by atoms with Gasteiger partial charge in [0.05, 0.1) is 16.4 Å². The highest BCUT2D eigenvalue weighted by atomic mass is 35.5. The van der Waals surface area contributed by atoms with Crippen LogP contribution in [0.5, 0.6) is 0 Å². The molecule has 0 bridgehead atoms. The molecular weight excluding hydrogens is 339 g/mol. The van der Waals surface area contributed by atoms with Crippen LogP contribution in [0, 0.1) is 5.82 Å². The van der Waals surface area contributed by atoms with Crippen molar-refractivity contribution >= 4 is 40.4 Å². The Morgan fingerprint density at radius 1 is 1.30 bits per heavy atom.